The largest absolute Gasteiger partial charge is 0.489 e. The summed E-state index contributed by atoms with van der Waals surface area (Å²) in [7, 11) is 0. The summed E-state index contributed by atoms with van der Waals surface area (Å²) < 4.78 is 39.0. The van der Waals surface area contributed by atoms with Gasteiger partial charge in [-0.1, -0.05) is 146 Å². The van der Waals surface area contributed by atoms with Gasteiger partial charge in [-0.25, -0.2) is 0 Å². The van der Waals surface area contributed by atoms with E-state index in [1.54, 1.807) is 0 Å². The maximum Gasteiger partial charge on any atom is 0.134 e. The molecule has 2 aliphatic rings. The van der Waals surface area contributed by atoms with Crippen molar-refractivity contribution in [2.45, 2.75) is 38.3 Å². The van der Waals surface area contributed by atoms with Gasteiger partial charge in [-0.2, -0.15) is 0 Å². The van der Waals surface area contributed by atoms with Gasteiger partial charge in [0.05, 0.1) is 0 Å². The second kappa shape index (κ2) is 16.8. The Bertz CT molecular complexity index is 2340. The quantitative estimate of drug-likeness (QED) is 0.116. The third-order valence-corrected chi connectivity index (χ3v) is 11.0. The van der Waals surface area contributed by atoms with Crippen LogP contribution in [0, 0.1) is 0 Å². The molecule has 2 aliphatic heterocycles. The summed E-state index contributed by atoms with van der Waals surface area (Å²) in [5, 5.41) is 0. The highest BCUT2D eigenvalue weighted by molar-refractivity contribution is 5.65. The van der Waals surface area contributed by atoms with Crippen molar-refractivity contribution in [2.75, 3.05) is 0 Å². The molecule has 0 aromatic heterocycles. The lowest BCUT2D eigenvalue weighted by molar-refractivity contribution is 0.299. The van der Waals surface area contributed by atoms with Gasteiger partial charge in [0.25, 0.3) is 0 Å². The van der Waals surface area contributed by atoms with E-state index in [2.05, 4.69) is 72.8 Å². The summed E-state index contributed by atoms with van der Waals surface area (Å²) in [5.74, 6) is 5.52. The molecule has 0 saturated heterocycles. The van der Waals surface area contributed by atoms with Crippen LogP contribution in [0.5, 0.6) is 46.0 Å². The molecular formula is C54H42O6. The normalized spacial score (nSPS) is 12.7. The van der Waals surface area contributed by atoms with Gasteiger partial charge in [-0.3, -0.25) is 0 Å². The molecule has 8 aromatic rings. The maximum absolute atomic E-state index is 6.81. The fourth-order valence-electron chi connectivity index (χ4n) is 8.05. The van der Waals surface area contributed by atoms with Crippen LogP contribution in [0.25, 0.3) is 0 Å². The number of benzene rings is 8. The third kappa shape index (κ3) is 8.00. The summed E-state index contributed by atoms with van der Waals surface area (Å²) >= 11 is 0. The third-order valence-electron chi connectivity index (χ3n) is 11.0. The van der Waals surface area contributed by atoms with E-state index in [4.69, 9.17) is 28.4 Å². The van der Waals surface area contributed by atoms with Crippen molar-refractivity contribution in [2.24, 2.45) is 0 Å². The SMILES string of the molecule is c1ccc(COc2ccc3c(c2)Oc2cc(OCc4ccccc4)ccc2C3C2c3ccc(OCc4ccccc4)cc3Oc3cc(OCc4ccccc4)ccc32)cc1. The molecule has 0 saturated carbocycles. The van der Waals surface area contributed by atoms with Gasteiger partial charge in [0, 0.05) is 58.4 Å². The van der Waals surface area contributed by atoms with Crippen molar-refractivity contribution in [1.29, 1.82) is 0 Å². The lowest BCUT2D eigenvalue weighted by atomic mass is 9.71. The van der Waals surface area contributed by atoms with Crippen LogP contribution in [-0.2, 0) is 26.4 Å². The first kappa shape index (κ1) is 36.9. The molecule has 6 heteroatoms. The minimum Gasteiger partial charge on any atom is -0.489 e. The Morgan fingerprint density at radius 3 is 0.750 bits per heavy atom. The monoisotopic (exact) mass is 786 g/mol. The van der Waals surface area contributed by atoms with Gasteiger partial charge >= 0.3 is 0 Å². The van der Waals surface area contributed by atoms with Crippen LogP contribution in [-0.4, -0.2) is 0 Å². The molecule has 10 rings (SSSR count). The average Bonchev–Trinajstić information content (AvgIpc) is 3.31. The summed E-state index contributed by atoms with van der Waals surface area (Å²) in [6.07, 6.45) is 0. The molecule has 0 unspecified atom stereocenters. The number of fused-ring (bicyclic) bond motifs is 4. The number of ether oxygens (including phenoxy) is 6. The fourth-order valence-corrected chi connectivity index (χ4v) is 8.05. The molecule has 60 heavy (non-hydrogen) atoms. The molecule has 0 atom stereocenters. The lowest BCUT2D eigenvalue weighted by Gasteiger charge is -2.38. The molecule has 2 heterocycles. The molecule has 0 N–H and O–H groups in total. The number of hydrogen-bond acceptors (Lipinski definition) is 6. The van der Waals surface area contributed by atoms with E-state index >= 15 is 0 Å². The standard InChI is InChI=1S/C54H42O6/c1-5-13-37(14-6-1)33-55-41-21-25-45-49(29-41)59-50-30-42(56-34-38-15-7-2-8-16-38)22-26-46(50)53(45)54-47-27-23-43(57-35-39-17-9-3-10-18-39)31-51(47)60-52-32-44(24-28-48(52)54)58-36-40-19-11-4-12-20-40/h1-32,53-54H,33-36H2. The molecule has 0 spiro atoms. The van der Waals surface area contributed by atoms with E-state index in [1.807, 2.05) is 121 Å². The first-order chi connectivity index (χ1) is 29.7. The lowest BCUT2D eigenvalue weighted by Crippen LogP contribution is -2.22. The van der Waals surface area contributed by atoms with Crippen LogP contribution in [0.1, 0.15) is 56.3 Å². The first-order valence-electron chi connectivity index (χ1n) is 20.3. The Morgan fingerprint density at radius 2 is 0.517 bits per heavy atom. The Kier molecular flexibility index (Phi) is 10.3. The molecule has 8 aromatic carbocycles. The maximum atomic E-state index is 6.81. The van der Waals surface area contributed by atoms with Crippen molar-refractivity contribution in [3.05, 3.63) is 239 Å². The van der Waals surface area contributed by atoms with Gasteiger partial charge in [-0.15, -0.1) is 0 Å². The van der Waals surface area contributed by atoms with Crippen LogP contribution in [0.15, 0.2) is 194 Å². The van der Waals surface area contributed by atoms with Crippen molar-refractivity contribution in [3.63, 3.8) is 0 Å². The van der Waals surface area contributed by atoms with E-state index in [0.717, 1.165) is 90.5 Å². The predicted octanol–water partition coefficient (Wildman–Crippen LogP) is 13.2. The zero-order valence-corrected chi connectivity index (χ0v) is 32.9. The zero-order chi connectivity index (χ0) is 40.1. The molecule has 0 amide bonds. The summed E-state index contributed by atoms with van der Waals surface area (Å²) in [6, 6.07) is 65.5. The van der Waals surface area contributed by atoms with E-state index in [0.29, 0.717) is 26.4 Å². The smallest absolute Gasteiger partial charge is 0.134 e. The Morgan fingerprint density at radius 1 is 0.283 bits per heavy atom. The average molecular weight is 787 g/mol. The van der Waals surface area contributed by atoms with Gasteiger partial charge < -0.3 is 28.4 Å². The molecular weight excluding hydrogens is 745 g/mol. The summed E-state index contributed by atoms with van der Waals surface area (Å²) in [4.78, 5) is 0. The van der Waals surface area contributed by atoms with Crippen molar-refractivity contribution >= 4 is 0 Å². The van der Waals surface area contributed by atoms with Crippen LogP contribution in [0.2, 0.25) is 0 Å². The van der Waals surface area contributed by atoms with E-state index in [-0.39, 0.29) is 11.8 Å². The molecule has 6 nitrogen and oxygen atoms in total. The van der Waals surface area contributed by atoms with Crippen LogP contribution < -0.4 is 28.4 Å². The second-order valence-electron chi connectivity index (χ2n) is 15.1. The molecule has 0 bridgehead atoms. The number of hydrogen-bond donors (Lipinski definition) is 0. The van der Waals surface area contributed by atoms with Gasteiger partial charge in [0.2, 0.25) is 0 Å². The highest BCUT2D eigenvalue weighted by Crippen LogP contribution is 2.58. The van der Waals surface area contributed by atoms with Crippen molar-refractivity contribution < 1.29 is 28.4 Å². The molecule has 0 radical (unpaired) electrons. The van der Waals surface area contributed by atoms with E-state index in [1.165, 1.54) is 0 Å². The fraction of sp³-hybridized carbons (Fsp3) is 0.111. The van der Waals surface area contributed by atoms with Crippen LogP contribution in [0.4, 0.5) is 0 Å². The first-order valence-corrected chi connectivity index (χ1v) is 20.3. The number of rotatable bonds is 13. The Balaban J connectivity index is 1.05. The Hall–Kier alpha value is -7.44. The van der Waals surface area contributed by atoms with Crippen LogP contribution >= 0.6 is 0 Å². The Labute approximate surface area is 350 Å². The van der Waals surface area contributed by atoms with Crippen LogP contribution in [0.3, 0.4) is 0 Å². The van der Waals surface area contributed by atoms with E-state index in [9.17, 15) is 0 Å². The zero-order valence-electron chi connectivity index (χ0n) is 32.9. The minimum atomic E-state index is -0.163. The van der Waals surface area contributed by atoms with Crippen molar-refractivity contribution in [3.8, 4) is 46.0 Å². The molecule has 294 valence electrons. The van der Waals surface area contributed by atoms with Gasteiger partial charge in [0.15, 0.2) is 0 Å². The summed E-state index contributed by atoms with van der Waals surface area (Å²) in [5.41, 5.74) is 8.55. The molecule has 0 fully saturated rings. The minimum absolute atomic E-state index is 0.163. The topological polar surface area (TPSA) is 55.4 Å². The van der Waals surface area contributed by atoms with Gasteiger partial charge in [0.1, 0.15) is 72.4 Å². The predicted molar refractivity (Wildman–Crippen MR) is 233 cm³/mol. The highest BCUT2D eigenvalue weighted by atomic mass is 16.5. The molecule has 0 aliphatic carbocycles. The van der Waals surface area contributed by atoms with Crippen molar-refractivity contribution in [1.82, 2.24) is 0 Å². The highest BCUT2D eigenvalue weighted by Gasteiger charge is 2.40. The second-order valence-corrected chi connectivity index (χ2v) is 15.1. The summed E-state index contributed by atoms with van der Waals surface area (Å²) in [6.45, 7) is 1.78. The van der Waals surface area contributed by atoms with Gasteiger partial charge in [-0.05, 0) is 46.5 Å². The van der Waals surface area contributed by atoms with E-state index < -0.39 is 0 Å².